The number of hydrogen-bond acceptors (Lipinski definition) is 5. The molecule has 0 amide bonds. The van der Waals surface area contributed by atoms with Gasteiger partial charge in [-0.1, -0.05) is 170 Å². The molecule has 0 bridgehead atoms. The Morgan fingerprint density at radius 3 is 1.46 bits per heavy atom. The summed E-state index contributed by atoms with van der Waals surface area (Å²) in [6, 6.07) is 74.1. The lowest BCUT2D eigenvalue weighted by molar-refractivity contribution is 1.07. The summed E-state index contributed by atoms with van der Waals surface area (Å²) < 4.78 is 2.50. The van der Waals surface area contributed by atoms with Gasteiger partial charge in [0.05, 0.1) is 11.6 Å². The van der Waals surface area contributed by atoms with Gasteiger partial charge in [0, 0.05) is 36.9 Å². The van der Waals surface area contributed by atoms with E-state index in [1.54, 1.807) is 11.3 Å². The highest BCUT2D eigenvalue weighted by Crippen LogP contribution is 2.41. The summed E-state index contributed by atoms with van der Waals surface area (Å²) in [5.74, 6) is 1.88. The van der Waals surface area contributed by atoms with Gasteiger partial charge in [0.25, 0.3) is 0 Å². The molecule has 11 rings (SSSR count). The largest absolute Gasteiger partial charge is 0.208 e. The molecule has 0 aliphatic heterocycles. The maximum atomic E-state index is 10.2. The highest BCUT2D eigenvalue weighted by Gasteiger charge is 2.15. The van der Waals surface area contributed by atoms with Gasteiger partial charge in [-0.25, -0.2) is 15.0 Å². The fourth-order valence-electron chi connectivity index (χ4n) is 8.20. The van der Waals surface area contributed by atoms with Crippen molar-refractivity contribution in [1.82, 2.24) is 15.0 Å². The highest BCUT2D eigenvalue weighted by molar-refractivity contribution is 7.26. The number of aromatic nitrogens is 3. The first-order valence-corrected chi connectivity index (χ1v) is 21.0. The lowest BCUT2D eigenvalue weighted by Gasteiger charge is -2.11. The Morgan fingerprint density at radius 1 is 0.344 bits per heavy atom. The fourth-order valence-corrected chi connectivity index (χ4v) is 9.44. The molecule has 5 heteroatoms. The Balaban J connectivity index is 0.925. The summed E-state index contributed by atoms with van der Waals surface area (Å²) in [6.45, 7) is 0. The fraction of sp³-hybridized carbons (Fsp3) is 0. The van der Waals surface area contributed by atoms with Crippen LogP contribution < -0.4 is 0 Å². The average molecular weight is 795 g/mol. The van der Waals surface area contributed by atoms with Crippen LogP contribution in [-0.4, -0.2) is 15.0 Å². The van der Waals surface area contributed by atoms with Crippen LogP contribution in [0.1, 0.15) is 5.56 Å². The summed E-state index contributed by atoms with van der Waals surface area (Å²) in [5, 5.41) is 14.9. The summed E-state index contributed by atoms with van der Waals surface area (Å²) in [6.07, 6.45) is 0. The molecular formula is C56H34N4S. The average Bonchev–Trinajstić information content (AvgIpc) is 3.73. The van der Waals surface area contributed by atoms with E-state index in [-0.39, 0.29) is 0 Å². The molecule has 0 saturated carbocycles. The van der Waals surface area contributed by atoms with E-state index >= 15 is 0 Å². The quantitative estimate of drug-likeness (QED) is 0.161. The summed E-state index contributed by atoms with van der Waals surface area (Å²) in [5.41, 5.74) is 12.2. The number of thiophene rings is 1. The first kappa shape index (κ1) is 36.1. The van der Waals surface area contributed by atoms with Crippen molar-refractivity contribution < 1.29 is 0 Å². The van der Waals surface area contributed by atoms with Crippen molar-refractivity contribution in [3.63, 3.8) is 0 Å². The molecule has 61 heavy (non-hydrogen) atoms. The van der Waals surface area contributed by atoms with Gasteiger partial charge in [-0.05, 0) is 91.7 Å². The van der Waals surface area contributed by atoms with Gasteiger partial charge in [0.2, 0.25) is 0 Å². The second-order valence-electron chi connectivity index (χ2n) is 15.2. The van der Waals surface area contributed by atoms with Crippen molar-refractivity contribution >= 4 is 42.3 Å². The van der Waals surface area contributed by atoms with Crippen LogP contribution in [0.3, 0.4) is 0 Å². The third kappa shape index (κ3) is 6.91. The number of hydrogen-bond donors (Lipinski definition) is 0. The van der Waals surface area contributed by atoms with Gasteiger partial charge >= 0.3 is 0 Å². The zero-order valence-corrected chi connectivity index (χ0v) is 33.6. The van der Waals surface area contributed by atoms with Gasteiger partial charge in [0.1, 0.15) is 0 Å². The molecule has 11 aromatic rings. The standard InChI is InChI=1S/C56H34N4S/c57-35-36-30-46(34-48(31-36)49-15-9-16-51-50-14-7-8-17-52(50)61-53(49)51)45-29-23-40-22-28-44(32-47(40)33-45)39-20-26-43(27-21-39)56-59-54(41-12-5-2-6-13-41)58-55(60-56)42-24-18-38(19-25-42)37-10-3-1-4-11-37/h1-34H. The van der Waals surface area contributed by atoms with Gasteiger partial charge in [-0.15, -0.1) is 11.3 Å². The second-order valence-corrected chi connectivity index (χ2v) is 16.2. The number of nitrogens with zero attached hydrogens (tertiary/aromatic N) is 4. The lowest BCUT2D eigenvalue weighted by atomic mass is 9.93. The normalized spacial score (nSPS) is 11.3. The van der Waals surface area contributed by atoms with Crippen molar-refractivity contribution in [2.75, 3.05) is 0 Å². The first-order chi connectivity index (χ1) is 30.1. The molecule has 0 spiro atoms. The zero-order valence-electron chi connectivity index (χ0n) is 32.8. The SMILES string of the molecule is N#Cc1cc(-c2ccc3ccc(-c4ccc(-c5nc(-c6ccccc6)nc(-c6ccc(-c7ccccc7)cc6)n5)cc4)cc3c2)cc(-c2cccc3c2sc2ccccc23)c1. The van der Waals surface area contributed by atoms with E-state index in [1.165, 1.54) is 25.7 Å². The minimum absolute atomic E-state index is 0.619. The van der Waals surface area contributed by atoms with Crippen LogP contribution in [0, 0.1) is 11.3 Å². The maximum absolute atomic E-state index is 10.2. The summed E-state index contributed by atoms with van der Waals surface area (Å²) >= 11 is 1.81. The Kier molecular flexibility index (Phi) is 9.04. The van der Waals surface area contributed by atoms with Crippen LogP contribution in [0.2, 0.25) is 0 Å². The van der Waals surface area contributed by atoms with Crippen molar-refractivity contribution in [2.24, 2.45) is 0 Å². The van der Waals surface area contributed by atoms with Crippen LogP contribution in [0.25, 0.3) is 110 Å². The third-order valence-electron chi connectivity index (χ3n) is 11.3. The van der Waals surface area contributed by atoms with Crippen LogP contribution in [0.5, 0.6) is 0 Å². The van der Waals surface area contributed by atoms with Gasteiger partial charge in [0.15, 0.2) is 17.5 Å². The molecule has 0 aliphatic rings. The second kappa shape index (κ2) is 15.3. The molecule has 4 nitrogen and oxygen atoms in total. The van der Waals surface area contributed by atoms with Gasteiger partial charge < -0.3 is 0 Å². The molecular weight excluding hydrogens is 761 g/mol. The Morgan fingerprint density at radius 2 is 0.820 bits per heavy atom. The molecule has 2 heterocycles. The van der Waals surface area contributed by atoms with E-state index in [4.69, 9.17) is 15.0 Å². The number of benzene rings is 9. The van der Waals surface area contributed by atoms with E-state index in [9.17, 15) is 5.26 Å². The molecule has 0 N–H and O–H groups in total. The van der Waals surface area contributed by atoms with E-state index in [1.807, 2.05) is 48.5 Å². The van der Waals surface area contributed by atoms with Crippen LogP contribution in [0.4, 0.5) is 0 Å². The van der Waals surface area contributed by atoms with Crippen LogP contribution in [0.15, 0.2) is 206 Å². The molecule has 0 atom stereocenters. The molecule has 0 radical (unpaired) electrons. The molecule has 9 aromatic carbocycles. The lowest BCUT2D eigenvalue weighted by Crippen LogP contribution is -2.00. The summed E-state index contributed by atoms with van der Waals surface area (Å²) in [7, 11) is 0. The molecule has 0 saturated heterocycles. The van der Waals surface area contributed by atoms with Gasteiger partial charge in [-0.2, -0.15) is 5.26 Å². The van der Waals surface area contributed by atoms with E-state index in [2.05, 4.69) is 164 Å². The minimum atomic E-state index is 0.619. The van der Waals surface area contributed by atoms with Crippen LogP contribution >= 0.6 is 11.3 Å². The number of nitriles is 1. The van der Waals surface area contributed by atoms with Crippen LogP contribution in [-0.2, 0) is 0 Å². The minimum Gasteiger partial charge on any atom is -0.208 e. The van der Waals surface area contributed by atoms with E-state index in [0.717, 1.165) is 66.4 Å². The smallest absolute Gasteiger partial charge is 0.164 e. The number of fused-ring (bicyclic) bond motifs is 4. The van der Waals surface area contributed by atoms with Crippen molar-refractivity contribution in [1.29, 1.82) is 5.26 Å². The molecule has 0 unspecified atom stereocenters. The number of rotatable bonds is 7. The van der Waals surface area contributed by atoms with E-state index < -0.39 is 0 Å². The zero-order chi connectivity index (χ0) is 40.7. The molecule has 0 fully saturated rings. The van der Waals surface area contributed by atoms with Crippen molar-refractivity contribution in [3.05, 3.63) is 212 Å². The van der Waals surface area contributed by atoms with Gasteiger partial charge in [-0.3, -0.25) is 0 Å². The van der Waals surface area contributed by atoms with Crippen molar-refractivity contribution in [3.8, 4) is 84.7 Å². The summed E-state index contributed by atoms with van der Waals surface area (Å²) in [4.78, 5) is 14.9. The predicted molar refractivity (Wildman–Crippen MR) is 253 cm³/mol. The molecule has 284 valence electrons. The topological polar surface area (TPSA) is 62.5 Å². The molecule has 0 aliphatic carbocycles. The molecule has 2 aromatic heterocycles. The maximum Gasteiger partial charge on any atom is 0.164 e. The predicted octanol–water partition coefficient (Wildman–Crippen LogP) is 14.9. The third-order valence-corrected chi connectivity index (χ3v) is 12.6. The first-order valence-electron chi connectivity index (χ1n) is 20.2. The monoisotopic (exact) mass is 794 g/mol. The Hall–Kier alpha value is -8.04. The highest BCUT2D eigenvalue weighted by atomic mass is 32.1. The van der Waals surface area contributed by atoms with Crippen molar-refractivity contribution in [2.45, 2.75) is 0 Å². The Labute approximate surface area is 357 Å². The van der Waals surface area contributed by atoms with E-state index in [0.29, 0.717) is 23.0 Å². The Bertz CT molecular complexity index is 3460.